The minimum Gasteiger partial charge on any atom is -0.314 e. The smallest absolute Gasteiger partial charge is 0.314 e. The number of thioether (sulfide) groups is 1. The minimum atomic E-state index is -0.605. The maximum absolute atomic E-state index is 10.8. The molecule has 2 aromatic rings. The second-order valence-corrected chi connectivity index (χ2v) is 4.48. The molecule has 1 aromatic carbocycles. The van der Waals surface area contributed by atoms with Crippen molar-refractivity contribution in [1.29, 1.82) is 5.26 Å². The summed E-state index contributed by atoms with van der Waals surface area (Å²) < 4.78 is 0. The molecule has 0 saturated heterocycles. The van der Waals surface area contributed by atoms with Crippen molar-refractivity contribution in [3.8, 4) is 5.40 Å². The van der Waals surface area contributed by atoms with Crippen LogP contribution in [0.3, 0.4) is 0 Å². The van der Waals surface area contributed by atoms with Crippen LogP contribution in [-0.2, 0) is 0 Å². The van der Waals surface area contributed by atoms with Crippen molar-refractivity contribution in [2.45, 2.75) is 5.03 Å². The van der Waals surface area contributed by atoms with Gasteiger partial charge in [0.15, 0.2) is 5.03 Å². The number of benzene rings is 1. The van der Waals surface area contributed by atoms with Gasteiger partial charge in [-0.05, 0) is 12.1 Å². The predicted molar refractivity (Wildman–Crippen MR) is 74.7 cm³/mol. The number of nitriles is 1. The maximum Gasteiger partial charge on any atom is 0.320 e. The highest BCUT2D eigenvalue weighted by Gasteiger charge is 2.19. The SMILES string of the molecule is CN(c1ccccc1)c1ncc([N+](=O)[O-])c(SC#N)n1. The van der Waals surface area contributed by atoms with E-state index in [9.17, 15) is 10.1 Å². The molecule has 7 nitrogen and oxygen atoms in total. The lowest BCUT2D eigenvalue weighted by atomic mass is 10.3. The van der Waals surface area contributed by atoms with E-state index in [0.29, 0.717) is 17.7 Å². The molecule has 0 aliphatic rings. The van der Waals surface area contributed by atoms with E-state index in [1.54, 1.807) is 17.3 Å². The molecule has 0 atom stereocenters. The van der Waals surface area contributed by atoms with E-state index in [4.69, 9.17) is 5.26 Å². The fraction of sp³-hybridized carbons (Fsp3) is 0.0833. The number of para-hydroxylation sites is 1. The predicted octanol–water partition coefficient (Wildman–Crippen LogP) is 2.73. The van der Waals surface area contributed by atoms with Crippen LogP contribution in [0, 0.1) is 20.8 Å². The summed E-state index contributed by atoms with van der Waals surface area (Å²) >= 11 is 0.643. The summed E-state index contributed by atoms with van der Waals surface area (Å²) in [4.78, 5) is 20.0. The lowest BCUT2D eigenvalue weighted by Crippen LogP contribution is -2.13. The van der Waals surface area contributed by atoms with Crippen LogP contribution >= 0.6 is 11.8 Å². The zero-order chi connectivity index (χ0) is 14.5. The molecule has 0 fully saturated rings. The first-order valence-electron chi connectivity index (χ1n) is 5.49. The van der Waals surface area contributed by atoms with E-state index >= 15 is 0 Å². The largest absolute Gasteiger partial charge is 0.320 e. The summed E-state index contributed by atoms with van der Waals surface area (Å²) in [5.74, 6) is 0.291. The minimum absolute atomic E-state index is 0.0327. The Bertz CT molecular complexity index is 671. The molecule has 8 heteroatoms. The molecule has 20 heavy (non-hydrogen) atoms. The van der Waals surface area contributed by atoms with E-state index in [-0.39, 0.29) is 10.7 Å². The van der Waals surface area contributed by atoms with E-state index < -0.39 is 4.92 Å². The molecular formula is C12H9N5O2S. The molecule has 0 aliphatic carbocycles. The summed E-state index contributed by atoms with van der Waals surface area (Å²) in [6.45, 7) is 0. The third-order valence-corrected chi connectivity index (χ3v) is 3.09. The van der Waals surface area contributed by atoms with Gasteiger partial charge in [-0.3, -0.25) is 10.1 Å². The van der Waals surface area contributed by atoms with Crippen LogP contribution in [0.5, 0.6) is 0 Å². The van der Waals surface area contributed by atoms with Crippen molar-refractivity contribution in [3.05, 3.63) is 46.6 Å². The summed E-state index contributed by atoms with van der Waals surface area (Å²) in [5, 5.41) is 21.3. The Kier molecular flexibility index (Phi) is 4.12. The van der Waals surface area contributed by atoms with E-state index in [2.05, 4.69) is 9.97 Å². The normalized spacial score (nSPS) is 9.80. The average molecular weight is 287 g/mol. The van der Waals surface area contributed by atoms with E-state index in [1.165, 1.54) is 0 Å². The number of hydrogen-bond donors (Lipinski definition) is 0. The molecule has 0 aliphatic heterocycles. The van der Waals surface area contributed by atoms with Gasteiger partial charge in [0.05, 0.1) is 4.92 Å². The highest BCUT2D eigenvalue weighted by molar-refractivity contribution is 8.03. The zero-order valence-electron chi connectivity index (χ0n) is 10.4. The van der Waals surface area contributed by atoms with Gasteiger partial charge in [0.25, 0.3) is 0 Å². The van der Waals surface area contributed by atoms with Gasteiger partial charge >= 0.3 is 5.69 Å². The van der Waals surface area contributed by atoms with Crippen molar-refractivity contribution in [3.63, 3.8) is 0 Å². The molecule has 1 aromatic heterocycles. The highest BCUT2D eigenvalue weighted by atomic mass is 32.2. The average Bonchev–Trinajstić information content (AvgIpc) is 2.47. The second-order valence-electron chi connectivity index (χ2n) is 3.71. The lowest BCUT2D eigenvalue weighted by Gasteiger charge is -2.16. The molecule has 100 valence electrons. The van der Waals surface area contributed by atoms with E-state index in [1.807, 2.05) is 30.3 Å². The van der Waals surface area contributed by atoms with Crippen molar-refractivity contribution in [2.24, 2.45) is 0 Å². The van der Waals surface area contributed by atoms with Gasteiger partial charge in [0.1, 0.15) is 11.6 Å². The van der Waals surface area contributed by atoms with Crippen LogP contribution in [0.1, 0.15) is 0 Å². The molecular weight excluding hydrogens is 278 g/mol. The van der Waals surface area contributed by atoms with Gasteiger partial charge in [-0.15, -0.1) is 0 Å². The number of anilines is 2. The van der Waals surface area contributed by atoms with Gasteiger partial charge in [0.2, 0.25) is 5.95 Å². The van der Waals surface area contributed by atoms with Gasteiger partial charge in [0, 0.05) is 24.5 Å². The first-order chi connectivity index (χ1) is 9.63. The summed E-state index contributed by atoms with van der Waals surface area (Å²) in [6, 6.07) is 9.33. The number of hydrogen-bond acceptors (Lipinski definition) is 7. The number of nitro groups is 1. The van der Waals surface area contributed by atoms with Gasteiger partial charge < -0.3 is 4.90 Å². The number of nitrogens with zero attached hydrogens (tertiary/aromatic N) is 5. The first-order valence-corrected chi connectivity index (χ1v) is 6.31. The third kappa shape index (κ3) is 2.84. The fourth-order valence-electron chi connectivity index (χ4n) is 1.52. The summed E-state index contributed by atoms with van der Waals surface area (Å²) in [5.41, 5.74) is 0.566. The second kappa shape index (κ2) is 5.99. The monoisotopic (exact) mass is 287 g/mol. The number of thiocyanates is 1. The first kappa shape index (κ1) is 13.8. The Hall–Kier alpha value is -2.66. The van der Waals surface area contributed by atoms with Crippen LogP contribution in [0.25, 0.3) is 0 Å². The number of rotatable bonds is 4. The van der Waals surface area contributed by atoms with Gasteiger partial charge in [-0.25, -0.2) is 4.98 Å². The Morgan fingerprint density at radius 2 is 2.10 bits per heavy atom. The van der Waals surface area contributed by atoms with Gasteiger partial charge in [-0.1, -0.05) is 18.2 Å². The standard InChI is InChI=1S/C12H9N5O2S/c1-16(9-5-3-2-4-6-9)12-14-7-10(17(18)19)11(15-12)20-8-13/h2-7H,1H3. The molecule has 2 rings (SSSR count). The van der Waals surface area contributed by atoms with Crippen molar-refractivity contribution >= 4 is 29.1 Å². The summed E-state index contributed by atoms with van der Waals surface area (Å²) in [7, 11) is 1.75. The Labute approximate surface area is 119 Å². The maximum atomic E-state index is 10.8. The Morgan fingerprint density at radius 3 is 2.70 bits per heavy atom. The molecule has 0 saturated carbocycles. The quantitative estimate of drug-likeness (QED) is 0.280. The molecule has 0 bridgehead atoms. The van der Waals surface area contributed by atoms with Crippen LogP contribution < -0.4 is 4.90 Å². The van der Waals surface area contributed by atoms with Crippen LogP contribution in [-0.4, -0.2) is 21.9 Å². The highest BCUT2D eigenvalue weighted by Crippen LogP contribution is 2.29. The molecule has 0 N–H and O–H groups in total. The van der Waals surface area contributed by atoms with Crippen LogP contribution in [0.4, 0.5) is 17.3 Å². The van der Waals surface area contributed by atoms with Crippen molar-refractivity contribution < 1.29 is 4.92 Å². The van der Waals surface area contributed by atoms with Crippen LogP contribution in [0.15, 0.2) is 41.6 Å². The van der Waals surface area contributed by atoms with Gasteiger partial charge in [-0.2, -0.15) is 10.2 Å². The topological polar surface area (TPSA) is 96.0 Å². The molecule has 0 spiro atoms. The van der Waals surface area contributed by atoms with Crippen LogP contribution in [0.2, 0.25) is 0 Å². The molecule has 0 amide bonds. The Balaban J connectivity index is 2.41. The lowest BCUT2D eigenvalue weighted by molar-refractivity contribution is -0.388. The molecule has 1 heterocycles. The van der Waals surface area contributed by atoms with E-state index in [0.717, 1.165) is 11.9 Å². The third-order valence-electron chi connectivity index (χ3n) is 2.51. The molecule has 0 radical (unpaired) electrons. The zero-order valence-corrected chi connectivity index (χ0v) is 11.2. The molecule has 0 unspecified atom stereocenters. The fourth-order valence-corrected chi connectivity index (χ4v) is 1.97. The Morgan fingerprint density at radius 1 is 1.40 bits per heavy atom. The van der Waals surface area contributed by atoms with Crippen molar-refractivity contribution in [1.82, 2.24) is 9.97 Å². The summed E-state index contributed by atoms with van der Waals surface area (Å²) in [6.07, 6.45) is 1.11. The number of aromatic nitrogens is 2. The van der Waals surface area contributed by atoms with Crippen molar-refractivity contribution in [2.75, 3.05) is 11.9 Å².